The number of hydrogen-bond acceptors (Lipinski definition) is 3. The number of anilines is 3. The lowest BCUT2D eigenvalue weighted by molar-refractivity contribution is 0.660. The van der Waals surface area contributed by atoms with Crippen LogP contribution >= 0.6 is 11.3 Å². The van der Waals surface area contributed by atoms with Crippen molar-refractivity contribution in [3.05, 3.63) is 205 Å². The van der Waals surface area contributed by atoms with E-state index in [0.717, 1.165) is 55.7 Å². The van der Waals surface area contributed by atoms with Gasteiger partial charge in [-0.25, -0.2) is 0 Å². The summed E-state index contributed by atoms with van der Waals surface area (Å²) in [5, 5.41) is 7.32. The molecule has 1 aliphatic rings. The van der Waals surface area contributed by atoms with E-state index in [1.165, 1.54) is 64.3 Å². The van der Waals surface area contributed by atoms with Crippen molar-refractivity contribution < 1.29 is 4.42 Å². The summed E-state index contributed by atoms with van der Waals surface area (Å²) in [7, 11) is 0. The van der Waals surface area contributed by atoms with Crippen LogP contribution in [-0.2, 0) is 5.41 Å². The largest absolute Gasteiger partial charge is 0.456 e. The van der Waals surface area contributed by atoms with Crippen LogP contribution in [-0.4, -0.2) is 4.57 Å². The minimum atomic E-state index is -0.0999. The van der Waals surface area contributed by atoms with Gasteiger partial charge in [-0.15, -0.1) is 11.3 Å². The molecule has 12 aromatic rings. The lowest BCUT2D eigenvalue weighted by Gasteiger charge is -2.28. The number of nitrogens with zero attached hydrogens (tertiary/aromatic N) is 2. The third kappa shape index (κ3) is 4.91. The van der Waals surface area contributed by atoms with E-state index in [4.69, 9.17) is 4.42 Å². The van der Waals surface area contributed by atoms with Crippen molar-refractivity contribution in [1.29, 1.82) is 0 Å². The Morgan fingerprint density at radius 1 is 0.459 bits per heavy atom. The second-order valence-corrected chi connectivity index (χ2v) is 17.9. The van der Waals surface area contributed by atoms with E-state index >= 15 is 0 Å². The lowest BCUT2D eigenvalue weighted by Crippen LogP contribution is -2.16. The van der Waals surface area contributed by atoms with E-state index in [1.54, 1.807) is 0 Å². The molecule has 0 saturated carbocycles. The van der Waals surface area contributed by atoms with Gasteiger partial charge in [0.15, 0.2) is 0 Å². The van der Waals surface area contributed by atoms with E-state index < -0.39 is 0 Å². The van der Waals surface area contributed by atoms with Crippen LogP contribution in [0.3, 0.4) is 0 Å². The third-order valence-corrected chi connectivity index (χ3v) is 14.4. The van der Waals surface area contributed by atoms with E-state index in [2.05, 4.69) is 217 Å². The molecule has 0 fully saturated rings. The summed E-state index contributed by atoms with van der Waals surface area (Å²) in [5.74, 6) is 0. The summed E-state index contributed by atoms with van der Waals surface area (Å²) in [5.41, 5.74) is 16.3. The second kappa shape index (κ2) is 12.8. The SMILES string of the molecule is CC1(C)c2ccccc2-c2ccc(N(c3ccccc3)c3ccc(-n4c5ccccc5c5c(-c6cccc7c6sc6ccccc67)c6c(cc54)oc4ccccc46)cc3)cc21. The van der Waals surface area contributed by atoms with Gasteiger partial charge in [-0.05, 0) is 89.0 Å². The first-order valence-corrected chi connectivity index (χ1v) is 21.8. The van der Waals surface area contributed by atoms with Gasteiger partial charge in [0.2, 0.25) is 0 Å². The highest BCUT2D eigenvalue weighted by atomic mass is 32.1. The molecule has 4 heteroatoms. The van der Waals surface area contributed by atoms with E-state index in [-0.39, 0.29) is 5.41 Å². The molecular weight excluding hydrogens is 761 g/mol. The maximum Gasteiger partial charge on any atom is 0.138 e. The first-order chi connectivity index (χ1) is 30.0. The maximum absolute atomic E-state index is 6.78. The van der Waals surface area contributed by atoms with Gasteiger partial charge >= 0.3 is 0 Å². The number of benzene rings is 9. The fraction of sp³-hybridized carbons (Fsp3) is 0.0526. The Balaban J connectivity index is 1.03. The van der Waals surface area contributed by atoms with Gasteiger partial charge in [0.05, 0.1) is 11.0 Å². The molecule has 0 bridgehead atoms. The molecule has 0 N–H and O–H groups in total. The quantitative estimate of drug-likeness (QED) is 0.173. The van der Waals surface area contributed by atoms with Crippen molar-refractivity contribution in [3.63, 3.8) is 0 Å². The summed E-state index contributed by atoms with van der Waals surface area (Å²) in [6.45, 7) is 4.70. The minimum Gasteiger partial charge on any atom is -0.456 e. The molecule has 9 aromatic carbocycles. The van der Waals surface area contributed by atoms with Crippen molar-refractivity contribution in [1.82, 2.24) is 4.57 Å². The topological polar surface area (TPSA) is 21.3 Å². The predicted molar refractivity (Wildman–Crippen MR) is 259 cm³/mol. The van der Waals surface area contributed by atoms with Crippen LogP contribution in [0.4, 0.5) is 17.1 Å². The number of hydrogen-bond donors (Lipinski definition) is 0. The van der Waals surface area contributed by atoms with Gasteiger partial charge in [-0.3, -0.25) is 0 Å². The number of thiophene rings is 1. The van der Waals surface area contributed by atoms with Crippen LogP contribution in [0.25, 0.3) is 91.9 Å². The van der Waals surface area contributed by atoms with Crippen LogP contribution in [0, 0.1) is 0 Å². The van der Waals surface area contributed by atoms with Gasteiger partial charge in [-0.1, -0.05) is 135 Å². The van der Waals surface area contributed by atoms with Gasteiger partial charge in [0, 0.05) is 87.1 Å². The Hall–Kier alpha value is -7.40. The highest BCUT2D eigenvalue weighted by molar-refractivity contribution is 7.26. The molecule has 0 saturated heterocycles. The molecule has 0 amide bonds. The Morgan fingerprint density at radius 2 is 1.11 bits per heavy atom. The van der Waals surface area contributed by atoms with E-state index in [0.29, 0.717) is 0 Å². The molecule has 1 aliphatic carbocycles. The van der Waals surface area contributed by atoms with Gasteiger partial charge in [-0.2, -0.15) is 0 Å². The first kappa shape index (κ1) is 34.5. The Kier molecular flexibility index (Phi) is 7.23. The smallest absolute Gasteiger partial charge is 0.138 e. The molecule has 13 rings (SSSR count). The normalized spacial score (nSPS) is 13.2. The number of rotatable bonds is 5. The van der Waals surface area contributed by atoms with Crippen LogP contribution in [0.15, 0.2) is 199 Å². The second-order valence-electron chi connectivity index (χ2n) is 16.8. The predicted octanol–water partition coefficient (Wildman–Crippen LogP) is 16.5. The first-order valence-electron chi connectivity index (χ1n) is 21.0. The standard InChI is InChI=1S/C57H38N2OS/c1-57(2)46-23-10-6-17-39(46)40-32-31-38(33-47(40)57)58(35-15-4-3-5-16-35)36-27-29-37(30-28-36)59-48-24-11-7-19-43(48)53-49(59)34-51-54(44-20-8-12-25-50(44)60-51)55(53)45-22-14-21-42-41-18-9-13-26-52(41)61-56(42)45/h3-34H,1-2H3. The van der Waals surface area contributed by atoms with Crippen LogP contribution < -0.4 is 4.90 Å². The molecule has 0 radical (unpaired) electrons. The molecule has 0 unspecified atom stereocenters. The summed E-state index contributed by atoms with van der Waals surface area (Å²) in [4.78, 5) is 2.39. The fourth-order valence-corrected chi connectivity index (χ4v) is 11.7. The monoisotopic (exact) mass is 798 g/mol. The maximum atomic E-state index is 6.78. The van der Waals surface area contributed by atoms with Crippen molar-refractivity contribution in [3.8, 4) is 27.9 Å². The molecule has 3 nitrogen and oxygen atoms in total. The van der Waals surface area contributed by atoms with E-state index in [9.17, 15) is 0 Å². The summed E-state index contributed by atoms with van der Waals surface area (Å²) >= 11 is 1.88. The summed E-state index contributed by atoms with van der Waals surface area (Å²) < 4.78 is 11.8. The van der Waals surface area contributed by atoms with Crippen LogP contribution in [0.1, 0.15) is 25.0 Å². The molecular formula is C57H38N2OS. The number of fused-ring (bicyclic) bond motifs is 12. The zero-order valence-electron chi connectivity index (χ0n) is 33.7. The highest BCUT2D eigenvalue weighted by Gasteiger charge is 2.36. The van der Waals surface area contributed by atoms with Gasteiger partial charge in [0.1, 0.15) is 11.2 Å². The van der Waals surface area contributed by atoms with Crippen molar-refractivity contribution in [2.75, 3.05) is 4.90 Å². The molecule has 0 aliphatic heterocycles. The summed E-state index contributed by atoms with van der Waals surface area (Å²) in [6.07, 6.45) is 0. The zero-order chi connectivity index (χ0) is 40.4. The van der Waals surface area contributed by atoms with Crippen molar-refractivity contribution in [2.45, 2.75) is 19.3 Å². The van der Waals surface area contributed by atoms with Crippen LogP contribution in [0.5, 0.6) is 0 Å². The third-order valence-electron chi connectivity index (χ3n) is 13.2. The fourth-order valence-electron chi connectivity index (χ4n) is 10.4. The number of aromatic nitrogens is 1. The molecule has 0 atom stereocenters. The zero-order valence-corrected chi connectivity index (χ0v) is 34.5. The number of furan rings is 1. The van der Waals surface area contributed by atoms with Crippen molar-refractivity contribution >= 4 is 92.3 Å². The Labute approximate surface area is 357 Å². The lowest BCUT2D eigenvalue weighted by atomic mass is 9.82. The molecule has 0 spiro atoms. The number of para-hydroxylation sites is 3. The molecule has 3 aromatic heterocycles. The molecule has 3 heterocycles. The van der Waals surface area contributed by atoms with E-state index in [1.807, 2.05) is 11.3 Å². The minimum absolute atomic E-state index is 0.0999. The van der Waals surface area contributed by atoms with Crippen molar-refractivity contribution in [2.24, 2.45) is 0 Å². The highest BCUT2D eigenvalue weighted by Crippen LogP contribution is 2.52. The average Bonchev–Trinajstić information content (AvgIpc) is 4.03. The van der Waals surface area contributed by atoms with Gasteiger partial charge < -0.3 is 13.9 Å². The Morgan fingerprint density at radius 3 is 1.98 bits per heavy atom. The average molecular weight is 799 g/mol. The summed E-state index contributed by atoms with van der Waals surface area (Å²) in [6, 6.07) is 70.9. The van der Waals surface area contributed by atoms with Gasteiger partial charge in [0.25, 0.3) is 0 Å². The molecule has 288 valence electrons. The molecule has 61 heavy (non-hydrogen) atoms. The van der Waals surface area contributed by atoms with Crippen LogP contribution in [0.2, 0.25) is 0 Å². The Bertz CT molecular complexity index is 3740.